The summed E-state index contributed by atoms with van der Waals surface area (Å²) in [4.78, 5) is 26.5. The molecule has 2 aromatic rings. The van der Waals surface area contributed by atoms with Gasteiger partial charge < -0.3 is 19.9 Å². The van der Waals surface area contributed by atoms with Crippen molar-refractivity contribution in [1.82, 2.24) is 10.3 Å². The summed E-state index contributed by atoms with van der Waals surface area (Å²) in [5.74, 6) is -2.01. The van der Waals surface area contributed by atoms with Crippen LogP contribution in [0.15, 0.2) is 28.9 Å². The first kappa shape index (κ1) is 16.3. The number of benzene rings is 1. The maximum atomic E-state index is 11.8. The lowest BCUT2D eigenvalue weighted by Gasteiger charge is -2.09. The van der Waals surface area contributed by atoms with Gasteiger partial charge in [-0.2, -0.15) is 0 Å². The number of aromatic nitrogens is 1. The van der Waals surface area contributed by atoms with Gasteiger partial charge in [-0.25, -0.2) is 9.78 Å². The van der Waals surface area contributed by atoms with Gasteiger partial charge in [0.2, 0.25) is 5.89 Å². The van der Waals surface area contributed by atoms with Gasteiger partial charge in [-0.15, -0.1) is 0 Å². The molecule has 0 aliphatic carbocycles. The lowest BCUT2D eigenvalue weighted by molar-refractivity contribution is -0.140. The number of hydrogen-bond donors (Lipinski definition) is 3. The van der Waals surface area contributed by atoms with E-state index in [0.717, 1.165) is 6.26 Å². The molecule has 1 amide bonds. The molecule has 0 aliphatic rings. The third-order valence-corrected chi connectivity index (χ3v) is 3.43. The van der Waals surface area contributed by atoms with Gasteiger partial charge in [0.1, 0.15) is 6.26 Å². The van der Waals surface area contributed by atoms with Crippen molar-refractivity contribution in [2.75, 3.05) is 6.61 Å². The van der Waals surface area contributed by atoms with Crippen molar-refractivity contribution in [2.45, 2.75) is 6.04 Å². The number of carboxylic acid groups (broad SMARTS) is 1. The highest BCUT2D eigenvalue weighted by Crippen LogP contribution is 2.28. The van der Waals surface area contributed by atoms with Crippen LogP contribution in [0.5, 0.6) is 0 Å². The van der Waals surface area contributed by atoms with E-state index in [9.17, 15) is 9.59 Å². The Bertz CT molecular complexity index is 716. The summed E-state index contributed by atoms with van der Waals surface area (Å²) in [5, 5.41) is 20.4. The Kier molecular flexibility index (Phi) is 5.02. The second-order valence-corrected chi connectivity index (χ2v) is 5.03. The third kappa shape index (κ3) is 3.56. The molecule has 1 unspecified atom stereocenters. The van der Waals surface area contributed by atoms with E-state index in [1.165, 1.54) is 6.07 Å². The molecule has 0 saturated carbocycles. The van der Waals surface area contributed by atoms with E-state index in [1.54, 1.807) is 12.1 Å². The normalized spacial score (nSPS) is 12.0. The van der Waals surface area contributed by atoms with Gasteiger partial charge in [-0.3, -0.25) is 4.79 Å². The summed E-state index contributed by atoms with van der Waals surface area (Å²) in [5.41, 5.74) is 0.381. The van der Waals surface area contributed by atoms with E-state index in [1.807, 2.05) is 0 Å². The molecule has 1 aromatic heterocycles. The van der Waals surface area contributed by atoms with Crippen LogP contribution in [0.4, 0.5) is 0 Å². The van der Waals surface area contributed by atoms with E-state index in [2.05, 4.69) is 10.3 Å². The molecule has 22 heavy (non-hydrogen) atoms. The third-order valence-electron chi connectivity index (χ3n) is 2.69. The van der Waals surface area contributed by atoms with Crippen LogP contribution in [0.1, 0.15) is 10.5 Å². The second kappa shape index (κ2) is 6.78. The zero-order valence-electron chi connectivity index (χ0n) is 10.9. The Balaban J connectivity index is 2.18. The van der Waals surface area contributed by atoms with Crippen LogP contribution in [0.2, 0.25) is 10.0 Å². The zero-order valence-corrected chi connectivity index (χ0v) is 12.4. The molecule has 116 valence electrons. The van der Waals surface area contributed by atoms with Gasteiger partial charge in [-0.1, -0.05) is 23.2 Å². The molecule has 0 fully saturated rings. The second-order valence-electron chi connectivity index (χ2n) is 4.21. The SMILES string of the molecule is O=C(NC(CO)C(=O)O)c1coc(-c2ccc(Cl)c(Cl)c2)n1. The number of nitrogens with zero attached hydrogens (tertiary/aromatic N) is 1. The van der Waals surface area contributed by atoms with E-state index < -0.39 is 24.5 Å². The summed E-state index contributed by atoms with van der Waals surface area (Å²) >= 11 is 11.7. The topological polar surface area (TPSA) is 113 Å². The minimum atomic E-state index is -1.42. The summed E-state index contributed by atoms with van der Waals surface area (Å²) < 4.78 is 5.16. The monoisotopic (exact) mass is 344 g/mol. The number of hydrogen-bond acceptors (Lipinski definition) is 5. The summed E-state index contributed by atoms with van der Waals surface area (Å²) in [6, 6.07) is 3.26. The van der Waals surface area contributed by atoms with Crippen molar-refractivity contribution >= 4 is 35.1 Å². The molecule has 0 saturated heterocycles. The minimum Gasteiger partial charge on any atom is -0.480 e. The predicted molar refractivity (Wildman–Crippen MR) is 77.9 cm³/mol. The lowest BCUT2D eigenvalue weighted by Crippen LogP contribution is -2.43. The van der Waals surface area contributed by atoms with Crippen LogP contribution in [0.25, 0.3) is 11.5 Å². The largest absolute Gasteiger partial charge is 0.480 e. The quantitative estimate of drug-likeness (QED) is 0.762. The number of rotatable bonds is 5. The molecule has 1 atom stereocenters. The number of amides is 1. The summed E-state index contributed by atoms with van der Waals surface area (Å²) in [6.07, 6.45) is 1.07. The Hall–Kier alpha value is -2.09. The van der Waals surface area contributed by atoms with Gasteiger partial charge in [0.15, 0.2) is 11.7 Å². The molecule has 9 heteroatoms. The number of oxazole rings is 1. The number of nitrogens with one attached hydrogen (secondary N) is 1. The minimum absolute atomic E-state index is 0.124. The van der Waals surface area contributed by atoms with Crippen molar-refractivity contribution in [3.63, 3.8) is 0 Å². The first-order valence-corrected chi connectivity index (χ1v) is 6.73. The molecule has 1 heterocycles. The molecule has 2 rings (SSSR count). The van der Waals surface area contributed by atoms with Crippen LogP contribution >= 0.6 is 23.2 Å². The van der Waals surface area contributed by atoms with Crippen LogP contribution in [0.3, 0.4) is 0 Å². The van der Waals surface area contributed by atoms with Crippen molar-refractivity contribution in [2.24, 2.45) is 0 Å². The fraction of sp³-hybridized carbons (Fsp3) is 0.154. The summed E-state index contributed by atoms with van der Waals surface area (Å²) in [6.45, 7) is -0.738. The van der Waals surface area contributed by atoms with Gasteiger partial charge >= 0.3 is 5.97 Å². The lowest BCUT2D eigenvalue weighted by atomic mass is 10.2. The highest BCUT2D eigenvalue weighted by Gasteiger charge is 2.22. The summed E-state index contributed by atoms with van der Waals surface area (Å²) in [7, 11) is 0. The molecular formula is C13H10Cl2N2O5. The van der Waals surface area contributed by atoms with Crippen molar-refractivity contribution in [1.29, 1.82) is 0 Å². The Morgan fingerprint density at radius 3 is 2.64 bits per heavy atom. The first-order chi connectivity index (χ1) is 10.4. The van der Waals surface area contributed by atoms with E-state index in [-0.39, 0.29) is 11.6 Å². The number of carboxylic acids is 1. The van der Waals surface area contributed by atoms with Crippen LogP contribution in [-0.4, -0.2) is 39.7 Å². The van der Waals surface area contributed by atoms with Crippen LogP contribution in [0, 0.1) is 0 Å². The van der Waals surface area contributed by atoms with Gasteiger partial charge in [0.25, 0.3) is 5.91 Å². The Morgan fingerprint density at radius 2 is 2.05 bits per heavy atom. The fourth-order valence-electron chi connectivity index (χ4n) is 1.56. The molecule has 0 spiro atoms. The van der Waals surface area contributed by atoms with Crippen molar-refractivity contribution in [3.05, 3.63) is 40.2 Å². The van der Waals surface area contributed by atoms with E-state index >= 15 is 0 Å². The fourth-order valence-corrected chi connectivity index (χ4v) is 1.86. The van der Waals surface area contributed by atoms with Crippen molar-refractivity contribution in [3.8, 4) is 11.5 Å². The highest BCUT2D eigenvalue weighted by atomic mass is 35.5. The standard InChI is InChI=1S/C13H10Cl2N2O5/c14-7-2-1-6(3-8(7)15)12-17-10(5-22-12)11(19)16-9(4-18)13(20)21/h1-3,5,9,18H,4H2,(H,16,19)(H,20,21). The van der Waals surface area contributed by atoms with E-state index in [4.69, 9.17) is 37.8 Å². The van der Waals surface area contributed by atoms with Gasteiger partial charge in [0.05, 0.1) is 16.7 Å². The number of aliphatic hydroxyl groups excluding tert-OH is 1. The number of aliphatic carboxylic acids is 1. The molecular weight excluding hydrogens is 335 g/mol. The molecule has 7 nitrogen and oxygen atoms in total. The number of carbonyl (C=O) groups is 2. The van der Waals surface area contributed by atoms with Gasteiger partial charge in [-0.05, 0) is 18.2 Å². The maximum Gasteiger partial charge on any atom is 0.328 e. The molecule has 0 radical (unpaired) electrons. The average molecular weight is 345 g/mol. The predicted octanol–water partition coefficient (Wildman–Crippen LogP) is 1.82. The molecule has 1 aromatic carbocycles. The van der Waals surface area contributed by atoms with Crippen LogP contribution < -0.4 is 5.32 Å². The van der Waals surface area contributed by atoms with Gasteiger partial charge in [0, 0.05) is 5.56 Å². The van der Waals surface area contributed by atoms with Crippen LogP contribution in [-0.2, 0) is 4.79 Å². The number of carbonyl (C=O) groups excluding carboxylic acids is 1. The zero-order chi connectivity index (χ0) is 16.3. The average Bonchev–Trinajstić information content (AvgIpc) is 2.97. The molecule has 3 N–H and O–H groups in total. The smallest absolute Gasteiger partial charge is 0.328 e. The maximum absolute atomic E-state index is 11.8. The Labute approximate surface area is 134 Å². The number of aliphatic hydroxyl groups is 1. The highest BCUT2D eigenvalue weighted by molar-refractivity contribution is 6.42. The Morgan fingerprint density at radius 1 is 1.32 bits per heavy atom. The van der Waals surface area contributed by atoms with E-state index in [0.29, 0.717) is 15.6 Å². The van der Waals surface area contributed by atoms with Crippen molar-refractivity contribution < 1.29 is 24.2 Å². The molecule has 0 aliphatic heterocycles. The first-order valence-electron chi connectivity index (χ1n) is 5.98. The molecule has 0 bridgehead atoms. The number of halogens is 2.